The summed E-state index contributed by atoms with van der Waals surface area (Å²) >= 11 is 0. The average molecular weight is 385 g/mol. The monoisotopic (exact) mass is 385 g/mol. The van der Waals surface area contributed by atoms with E-state index in [2.05, 4.69) is 15.5 Å². The summed E-state index contributed by atoms with van der Waals surface area (Å²) in [5.41, 5.74) is 2.53. The van der Waals surface area contributed by atoms with Gasteiger partial charge in [0.05, 0.1) is 23.4 Å². The van der Waals surface area contributed by atoms with Crippen molar-refractivity contribution in [1.29, 1.82) is 0 Å². The minimum Gasteiger partial charge on any atom is -0.322 e. The normalized spacial score (nSPS) is 14.1. The Balaban J connectivity index is 1.61. The fourth-order valence-electron chi connectivity index (χ4n) is 3.14. The second-order valence-electron chi connectivity index (χ2n) is 6.92. The standard InChI is InChI=1S/C21H18F3N3O/c22-21(23,24)16-10-8-15(9-11-16)19-20(18(26-27-19)14-6-7-14)25-17(28)12-13-4-2-1-3-5-13/h1-5,8-11,14H,6-7,12H2,(H,25,28)(H,26,27). The zero-order valence-corrected chi connectivity index (χ0v) is 14.9. The first-order valence-electron chi connectivity index (χ1n) is 9.01. The second kappa shape index (κ2) is 7.14. The molecule has 0 unspecified atom stereocenters. The fourth-order valence-corrected chi connectivity index (χ4v) is 3.14. The average Bonchev–Trinajstić information content (AvgIpc) is 3.43. The van der Waals surface area contributed by atoms with Crippen molar-refractivity contribution in [3.63, 3.8) is 0 Å². The molecule has 0 saturated heterocycles. The van der Waals surface area contributed by atoms with E-state index in [9.17, 15) is 18.0 Å². The van der Waals surface area contributed by atoms with Crippen LogP contribution in [-0.2, 0) is 17.4 Å². The highest BCUT2D eigenvalue weighted by atomic mass is 19.4. The number of nitrogens with zero attached hydrogens (tertiary/aromatic N) is 1. The number of amides is 1. The van der Waals surface area contributed by atoms with Gasteiger partial charge in [-0.2, -0.15) is 18.3 Å². The van der Waals surface area contributed by atoms with Crippen molar-refractivity contribution < 1.29 is 18.0 Å². The van der Waals surface area contributed by atoms with Crippen molar-refractivity contribution in [2.45, 2.75) is 31.4 Å². The molecule has 7 heteroatoms. The molecule has 3 aromatic rings. The number of anilines is 1. The zero-order chi connectivity index (χ0) is 19.7. The van der Waals surface area contributed by atoms with Gasteiger partial charge < -0.3 is 5.32 Å². The van der Waals surface area contributed by atoms with E-state index in [0.29, 0.717) is 22.9 Å². The third-order valence-corrected chi connectivity index (χ3v) is 4.74. The maximum Gasteiger partial charge on any atom is 0.416 e. The summed E-state index contributed by atoms with van der Waals surface area (Å²) < 4.78 is 38.5. The molecular weight excluding hydrogens is 367 g/mol. The number of hydrogen-bond donors (Lipinski definition) is 2. The smallest absolute Gasteiger partial charge is 0.322 e. The summed E-state index contributed by atoms with van der Waals surface area (Å²) in [5.74, 6) is 0.102. The van der Waals surface area contributed by atoms with E-state index in [4.69, 9.17) is 0 Å². The summed E-state index contributed by atoms with van der Waals surface area (Å²) in [7, 11) is 0. The van der Waals surface area contributed by atoms with E-state index in [0.717, 1.165) is 36.2 Å². The van der Waals surface area contributed by atoms with E-state index < -0.39 is 11.7 Å². The molecule has 1 amide bonds. The highest BCUT2D eigenvalue weighted by Crippen LogP contribution is 2.45. The number of nitrogens with one attached hydrogen (secondary N) is 2. The highest BCUT2D eigenvalue weighted by molar-refractivity contribution is 5.96. The van der Waals surface area contributed by atoms with E-state index in [1.54, 1.807) is 0 Å². The molecule has 0 aliphatic heterocycles. The van der Waals surface area contributed by atoms with Crippen LogP contribution in [-0.4, -0.2) is 16.1 Å². The number of benzene rings is 2. The Hall–Kier alpha value is -3.09. The molecule has 4 rings (SSSR count). The molecule has 2 N–H and O–H groups in total. The van der Waals surface area contributed by atoms with Gasteiger partial charge in [-0.25, -0.2) is 0 Å². The summed E-state index contributed by atoms with van der Waals surface area (Å²) in [6.07, 6.45) is -2.19. The van der Waals surface area contributed by atoms with Gasteiger partial charge in [-0.15, -0.1) is 0 Å². The number of rotatable bonds is 5. The van der Waals surface area contributed by atoms with Crippen LogP contribution in [0.2, 0.25) is 0 Å². The van der Waals surface area contributed by atoms with E-state index >= 15 is 0 Å². The Labute approximate surface area is 159 Å². The van der Waals surface area contributed by atoms with Gasteiger partial charge in [0.15, 0.2) is 0 Å². The summed E-state index contributed by atoms with van der Waals surface area (Å²) in [4.78, 5) is 12.5. The third kappa shape index (κ3) is 3.93. The van der Waals surface area contributed by atoms with Gasteiger partial charge in [0.2, 0.25) is 5.91 Å². The molecule has 1 saturated carbocycles. The summed E-state index contributed by atoms with van der Waals surface area (Å²) in [6.45, 7) is 0. The van der Waals surface area contributed by atoms with E-state index in [-0.39, 0.29) is 12.3 Å². The SMILES string of the molecule is O=C(Cc1ccccc1)Nc1c(-c2ccc(C(F)(F)F)cc2)n[nH]c1C1CC1. The van der Waals surface area contributed by atoms with E-state index in [1.165, 1.54) is 12.1 Å². The minimum absolute atomic E-state index is 0.192. The van der Waals surface area contributed by atoms with E-state index in [1.807, 2.05) is 30.3 Å². The molecule has 1 aliphatic carbocycles. The van der Waals surface area contributed by atoms with Crippen LogP contribution < -0.4 is 5.32 Å². The largest absolute Gasteiger partial charge is 0.416 e. The number of aromatic nitrogens is 2. The Morgan fingerprint density at radius 3 is 2.36 bits per heavy atom. The van der Waals surface area contributed by atoms with Gasteiger partial charge in [-0.05, 0) is 30.5 Å². The lowest BCUT2D eigenvalue weighted by Gasteiger charge is -2.10. The van der Waals surface area contributed by atoms with Crippen LogP contribution in [0.25, 0.3) is 11.3 Å². The Morgan fingerprint density at radius 1 is 1.07 bits per heavy atom. The Morgan fingerprint density at radius 2 is 1.75 bits per heavy atom. The lowest BCUT2D eigenvalue weighted by Crippen LogP contribution is -2.15. The molecule has 1 aromatic heterocycles. The van der Waals surface area contributed by atoms with Crippen molar-refractivity contribution in [2.75, 3.05) is 5.32 Å². The van der Waals surface area contributed by atoms with Crippen molar-refractivity contribution in [3.8, 4) is 11.3 Å². The minimum atomic E-state index is -4.39. The molecule has 0 atom stereocenters. The molecule has 0 spiro atoms. The molecule has 2 aromatic carbocycles. The van der Waals surface area contributed by atoms with Crippen LogP contribution in [0, 0.1) is 0 Å². The van der Waals surface area contributed by atoms with Crippen molar-refractivity contribution >= 4 is 11.6 Å². The maximum absolute atomic E-state index is 12.8. The Kier molecular flexibility index (Phi) is 4.66. The lowest BCUT2D eigenvalue weighted by molar-refractivity contribution is -0.137. The summed E-state index contributed by atoms with van der Waals surface area (Å²) in [6, 6.07) is 14.2. The predicted octanol–water partition coefficient (Wildman–Crippen LogP) is 5.15. The molecule has 28 heavy (non-hydrogen) atoms. The number of carbonyl (C=O) groups is 1. The number of hydrogen-bond acceptors (Lipinski definition) is 2. The quantitative estimate of drug-likeness (QED) is 0.638. The molecule has 4 nitrogen and oxygen atoms in total. The number of carbonyl (C=O) groups excluding carboxylic acids is 1. The number of H-pyrrole nitrogens is 1. The second-order valence-corrected chi connectivity index (χ2v) is 6.92. The Bertz CT molecular complexity index is 974. The third-order valence-electron chi connectivity index (χ3n) is 4.74. The molecule has 1 aliphatic rings. The van der Waals surface area contributed by atoms with Crippen molar-refractivity contribution in [3.05, 3.63) is 71.4 Å². The molecule has 1 fully saturated rings. The van der Waals surface area contributed by atoms with Gasteiger partial charge in [0.1, 0.15) is 5.69 Å². The van der Waals surface area contributed by atoms with Crippen LogP contribution in [0.3, 0.4) is 0 Å². The van der Waals surface area contributed by atoms with Crippen LogP contribution in [0.1, 0.15) is 35.6 Å². The van der Waals surface area contributed by atoms with Crippen LogP contribution in [0.4, 0.5) is 18.9 Å². The fraction of sp³-hybridized carbons (Fsp3) is 0.238. The van der Waals surface area contributed by atoms with Gasteiger partial charge in [0, 0.05) is 11.5 Å². The van der Waals surface area contributed by atoms with Crippen LogP contribution >= 0.6 is 0 Å². The molecule has 0 bridgehead atoms. The molecule has 144 valence electrons. The highest BCUT2D eigenvalue weighted by Gasteiger charge is 2.32. The lowest BCUT2D eigenvalue weighted by atomic mass is 10.1. The summed E-state index contributed by atoms with van der Waals surface area (Å²) in [5, 5.41) is 10.2. The van der Waals surface area contributed by atoms with Crippen LogP contribution in [0.15, 0.2) is 54.6 Å². The number of alkyl halides is 3. The number of aromatic amines is 1. The van der Waals surface area contributed by atoms with Gasteiger partial charge >= 0.3 is 6.18 Å². The van der Waals surface area contributed by atoms with Crippen molar-refractivity contribution in [2.24, 2.45) is 0 Å². The zero-order valence-electron chi connectivity index (χ0n) is 14.9. The van der Waals surface area contributed by atoms with Crippen LogP contribution in [0.5, 0.6) is 0 Å². The first-order chi connectivity index (χ1) is 13.4. The maximum atomic E-state index is 12.8. The number of halogens is 3. The van der Waals surface area contributed by atoms with Gasteiger partial charge in [-0.3, -0.25) is 9.89 Å². The predicted molar refractivity (Wildman–Crippen MR) is 99.8 cm³/mol. The van der Waals surface area contributed by atoms with Gasteiger partial charge in [0.25, 0.3) is 0 Å². The molecular formula is C21H18F3N3O. The van der Waals surface area contributed by atoms with Crippen molar-refractivity contribution in [1.82, 2.24) is 10.2 Å². The van der Waals surface area contributed by atoms with Gasteiger partial charge in [-0.1, -0.05) is 42.5 Å². The first kappa shape index (κ1) is 18.3. The molecule has 1 heterocycles. The molecule has 0 radical (unpaired) electrons. The first-order valence-corrected chi connectivity index (χ1v) is 9.01. The topological polar surface area (TPSA) is 57.8 Å².